The Morgan fingerprint density at radius 2 is 1.95 bits per heavy atom. The van der Waals surface area contributed by atoms with Crippen LogP contribution in [-0.2, 0) is 6.42 Å². The molecule has 0 aromatic heterocycles. The molecule has 0 aliphatic carbocycles. The van der Waals surface area contributed by atoms with Gasteiger partial charge in [-0.05, 0) is 24.1 Å². The molecule has 104 valence electrons. The molecule has 0 heterocycles. The van der Waals surface area contributed by atoms with Crippen molar-refractivity contribution in [2.24, 2.45) is 4.99 Å². The molecule has 0 spiro atoms. The second kappa shape index (κ2) is 8.19. The quantitative estimate of drug-likeness (QED) is 0.464. The Balaban J connectivity index is 2.38. The Morgan fingerprint density at radius 3 is 2.47 bits per heavy atom. The Bertz CT molecular complexity index is 407. The minimum absolute atomic E-state index is 0.719. The Hall–Kier alpha value is -1.97. The minimum Gasteiger partial charge on any atom is -0.378 e. The SMILES string of the molecule is C=CCNC(=NC)NCCc1ccc(N(C)C)cc1. The smallest absolute Gasteiger partial charge is 0.191 e. The van der Waals surface area contributed by atoms with E-state index in [9.17, 15) is 0 Å². The Labute approximate surface area is 116 Å². The monoisotopic (exact) mass is 260 g/mol. The van der Waals surface area contributed by atoms with E-state index in [-0.39, 0.29) is 0 Å². The molecule has 1 rings (SSSR count). The van der Waals surface area contributed by atoms with Crippen molar-refractivity contribution in [3.05, 3.63) is 42.5 Å². The van der Waals surface area contributed by atoms with Gasteiger partial charge in [-0.1, -0.05) is 18.2 Å². The maximum Gasteiger partial charge on any atom is 0.191 e. The van der Waals surface area contributed by atoms with Gasteiger partial charge >= 0.3 is 0 Å². The normalized spacial score (nSPS) is 11.0. The summed E-state index contributed by atoms with van der Waals surface area (Å²) in [5, 5.41) is 6.41. The van der Waals surface area contributed by atoms with E-state index in [0.29, 0.717) is 0 Å². The molecule has 4 nitrogen and oxygen atoms in total. The number of rotatable bonds is 6. The molecule has 0 unspecified atom stereocenters. The van der Waals surface area contributed by atoms with E-state index < -0.39 is 0 Å². The summed E-state index contributed by atoms with van der Waals surface area (Å²) >= 11 is 0. The van der Waals surface area contributed by atoms with E-state index in [1.807, 2.05) is 20.2 Å². The molecule has 4 heteroatoms. The third-order valence-corrected chi connectivity index (χ3v) is 2.80. The van der Waals surface area contributed by atoms with Crippen LogP contribution in [0.5, 0.6) is 0 Å². The van der Waals surface area contributed by atoms with Gasteiger partial charge in [-0.2, -0.15) is 0 Å². The molecule has 0 aliphatic rings. The predicted molar refractivity (Wildman–Crippen MR) is 84.0 cm³/mol. The summed E-state index contributed by atoms with van der Waals surface area (Å²) in [7, 11) is 5.86. The summed E-state index contributed by atoms with van der Waals surface area (Å²) in [5.74, 6) is 0.810. The summed E-state index contributed by atoms with van der Waals surface area (Å²) in [4.78, 5) is 6.23. The van der Waals surface area contributed by atoms with E-state index in [1.54, 1.807) is 7.05 Å². The van der Waals surface area contributed by atoms with Crippen molar-refractivity contribution in [1.82, 2.24) is 10.6 Å². The fourth-order valence-electron chi connectivity index (χ4n) is 1.68. The largest absolute Gasteiger partial charge is 0.378 e. The highest BCUT2D eigenvalue weighted by molar-refractivity contribution is 5.79. The number of nitrogens with one attached hydrogen (secondary N) is 2. The summed E-state index contributed by atoms with van der Waals surface area (Å²) in [5.41, 5.74) is 2.54. The zero-order chi connectivity index (χ0) is 14.1. The van der Waals surface area contributed by atoms with Gasteiger partial charge in [0.15, 0.2) is 5.96 Å². The van der Waals surface area contributed by atoms with Crippen LogP contribution in [0, 0.1) is 0 Å². The zero-order valence-corrected chi connectivity index (χ0v) is 12.1. The van der Waals surface area contributed by atoms with E-state index in [1.165, 1.54) is 11.3 Å². The molecular weight excluding hydrogens is 236 g/mol. The van der Waals surface area contributed by atoms with Gasteiger partial charge in [-0.15, -0.1) is 6.58 Å². The van der Waals surface area contributed by atoms with Gasteiger partial charge in [0.2, 0.25) is 0 Å². The second-order valence-electron chi connectivity index (χ2n) is 4.48. The topological polar surface area (TPSA) is 39.7 Å². The van der Waals surface area contributed by atoms with Gasteiger partial charge in [0.05, 0.1) is 0 Å². The minimum atomic E-state index is 0.719. The van der Waals surface area contributed by atoms with Crippen LogP contribution >= 0.6 is 0 Å². The molecule has 0 saturated carbocycles. The van der Waals surface area contributed by atoms with Gasteiger partial charge in [-0.25, -0.2) is 0 Å². The molecule has 0 saturated heterocycles. The number of hydrogen-bond acceptors (Lipinski definition) is 2. The highest BCUT2D eigenvalue weighted by atomic mass is 15.2. The van der Waals surface area contributed by atoms with Gasteiger partial charge in [0, 0.05) is 39.9 Å². The van der Waals surface area contributed by atoms with Gasteiger partial charge in [0.1, 0.15) is 0 Å². The first kappa shape index (κ1) is 15.1. The van der Waals surface area contributed by atoms with Crippen molar-refractivity contribution in [3.63, 3.8) is 0 Å². The molecule has 0 fully saturated rings. The van der Waals surface area contributed by atoms with Crippen molar-refractivity contribution in [2.75, 3.05) is 39.1 Å². The molecule has 1 aromatic rings. The molecule has 0 atom stereocenters. The number of anilines is 1. The fraction of sp³-hybridized carbons (Fsp3) is 0.400. The molecule has 0 aliphatic heterocycles. The number of guanidine groups is 1. The van der Waals surface area contributed by atoms with Crippen LogP contribution in [0.15, 0.2) is 41.9 Å². The molecular formula is C15H24N4. The van der Waals surface area contributed by atoms with Crippen molar-refractivity contribution >= 4 is 11.6 Å². The molecule has 0 amide bonds. The van der Waals surface area contributed by atoms with Crippen LogP contribution in [0.4, 0.5) is 5.69 Å². The predicted octanol–water partition coefficient (Wildman–Crippen LogP) is 1.65. The summed E-state index contributed by atoms with van der Waals surface area (Å²) in [6.45, 7) is 5.25. The first-order chi connectivity index (χ1) is 9.17. The van der Waals surface area contributed by atoms with Gasteiger partial charge in [0.25, 0.3) is 0 Å². The van der Waals surface area contributed by atoms with Gasteiger partial charge < -0.3 is 15.5 Å². The van der Waals surface area contributed by atoms with Crippen LogP contribution in [0.3, 0.4) is 0 Å². The lowest BCUT2D eigenvalue weighted by molar-refractivity contribution is 0.821. The average molecular weight is 260 g/mol. The van der Waals surface area contributed by atoms with E-state index in [2.05, 4.69) is 51.4 Å². The van der Waals surface area contributed by atoms with Gasteiger partial charge in [-0.3, -0.25) is 4.99 Å². The Kier molecular flexibility index (Phi) is 6.50. The number of hydrogen-bond donors (Lipinski definition) is 2. The van der Waals surface area contributed by atoms with Crippen molar-refractivity contribution in [1.29, 1.82) is 0 Å². The molecule has 2 N–H and O–H groups in total. The van der Waals surface area contributed by atoms with E-state index in [0.717, 1.165) is 25.5 Å². The van der Waals surface area contributed by atoms with E-state index in [4.69, 9.17) is 0 Å². The molecule has 0 bridgehead atoms. The van der Waals surface area contributed by atoms with Crippen LogP contribution in [0.1, 0.15) is 5.56 Å². The first-order valence-electron chi connectivity index (χ1n) is 6.49. The number of aliphatic imine (C=N–C) groups is 1. The molecule has 1 aromatic carbocycles. The van der Waals surface area contributed by atoms with Crippen LogP contribution in [0.2, 0.25) is 0 Å². The lowest BCUT2D eigenvalue weighted by Crippen LogP contribution is -2.38. The van der Waals surface area contributed by atoms with Crippen molar-refractivity contribution in [2.45, 2.75) is 6.42 Å². The number of nitrogens with zero attached hydrogens (tertiary/aromatic N) is 2. The van der Waals surface area contributed by atoms with Crippen molar-refractivity contribution < 1.29 is 0 Å². The third-order valence-electron chi connectivity index (χ3n) is 2.80. The lowest BCUT2D eigenvalue weighted by atomic mass is 10.1. The van der Waals surface area contributed by atoms with Crippen molar-refractivity contribution in [3.8, 4) is 0 Å². The molecule has 0 radical (unpaired) electrons. The zero-order valence-electron chi connectivity index (χ0n) is 12.1. The van der Waals surface area contributed by atoms with Crippen LogP contribution in [0.25, 0.3) is 0 Å². The highest BCUT2D eigenvalue weighted by Gasteiger charge is 1.98. The first-order valence-corrected chi connectivity index (χ1v) is 6.49. The maximum atomic E-state index is 4.13. The lowest BCUT2D eigenvalue weighted by Gasteiger charge is -2.13. The summed E-state index contributed by atoms with van der Waals surface area (Å²) in [6, 6.07) is 8.61. The average Bonchev–Trinajstić information content (AvgIpc) is 2.43. The van der Waals surface area contributed by atoms with E-state index >= 15 is 0 Å². The fourth-order valence-corrected chi connectivity index (χ4v) is 1.68. The maximum absolute atomic E-state index is 4.13. The number of benzene rings is 1. The summed E-state index contributed by atoms with van der Waals surface area (Å²) in [6.07, 6.45) is 2.79. The van der Waals surface area contributed by atoms with Crippen LogP contribution in [-0.4, -0.2) is 40.2 Å². The third kappa shape index (κ3) is 5.46. The summed E-state index contributed by atoms with van der Waals surface area (Å²) < 4.78 is 0. The standard InChI is InChI=1S/C15H24N4/c1-5-11-17-15(16-2)18-12-10-13-6-8-14(9-7-13)19(3)4/h5-9H,1,10-12H2,2-4H3,(H2,16,17,18). The highest BCUT2D eigenvalue weighted by Crippen LogP contribution is 2.12. The van der Waals surface area contributed by atoms with Crippen LogP contribution < -0.4 is 15.5 Å². The Morgan fingerprint density at radius 1 is 1.26 bits per heavy atom. The second-order valence-corrected chi connectivity index (χ2v) is 4.48. The molecule has 19 heavy (non-hydrogen) atoms.